The summed E-state index contributed by atoms with van der Waals surface area (Å²) in [4.78, 5) is 31.6. The molecule has 3 aromatic rings. The molecule has 5 rings (SSSR count). The fourth-order valence-electron chi connectivity index (χ4n) is 7.10. The smallest absolute Gasteiger partial charge is 0.227 e. The molecule has 2 aliphatic rings. The molecule has 246 valence electrons. The van der Waals surface area contributed by atoms with Gasteiger partial charge in [0.2, 0.25) is 11.8 Å². The monoisotopic (exact) mass is 665 g/mol. The predicted molar refractivity (Wildman–Crippen MR) is 183 cm³/mol. The van der Waals surface area contributed by atoms with E-state index in [0.29, 0.717) is 23.0 Å². The molecule has 3 unspecified atom stereocenters. The van der Waals surface area contributed by atoms with Crippen LogP contribution in [0.4, 0.5) is 0 Å². The standard InChI is InChI=1S/C37H45Cl2N3O4/c1-5-41-20-10-9-16-35(41)46-37(30-17-18-32(38)33(39)24-30)25-42(34(44)23-28-12-11-15-31(22-28)45-26(2)3)21-19-36(37,40-27(4)43)29-13-7-6-8-14-29/h6-8,11-15,17-18,22,24,26,35H,5,9-10,16,19-21,23,25H2,1-4H3,(H,40,43). The number of amides is 2. The second kappa shape index (κ2) is 14.8. The van der Waals surface area contributed by atoms with Gasteiger partial charge in [-0.1, -0.05) is 78.7 Å². The van der Waals surface area contributed by atoms with Crippen LogP contribution >= 0.6 is 23.2 Å². The first-order valence-electron chi connectivity index (χ1n) is 16.3. The summed E-state index contributed by atoms with van der Waals surface area (Å²) in [6.45, 7) is 9.99. The summed E-state index contributed by atoms with van der Waals surface area (Å²) < 4.78 is 13.4. The molecule has 3 atom stereocenters. The quantitative estimate of drug-likeness (QED) is 0.246. The van der Waals surface area contributed by atoms with Crippen molar-refractivity contribution in [1.82, 2.24) is 15.1 Å². The second-order valence-electron chi connectivity index (χ2n) is 12.7. The van der Waals surface area contributed by atoms with Crippen molar-refractivity contribution in [3.63, 3.8) is 0 Å². The average molecular weight is 667 g/mol. The predicted octanol–water partition coefficient (Wildman–Crippen LogP) is 7.33. The molecule has 2 amide bonds. The molecule has 2 heterocycles. The molecule has 0 aromatic heterocycles. The molecule has 9 heteroatoms. The van der Waals surface area contributed by atoms with E-state index in [-0.39, 0.29) is 37.1 Å². The number of carbonyl (C=O) groups excluding carboxylic acids is 2. The summed E-state index contributed by atoms with van der Waals surface area (Å²) in [7, 11) is 0. The highest BCUT2D eigenvalue weighted by atomic mass is 35.5. The molecular formula is C37H45Cl2N3O4. The van der Waals surface area contributed by atoms with Gasteiger partial charge in [-0.25, -0.2) is 0 Å². The topological polar surface area (TPSA) is 71.1 Å². The molecule has 2 aliphatic heterocycles. The Morgan fingerprint density at radius 2 is 1.74 bits per heavy atom. The maximum atomic E-state index is 14.2. The van der Waals surface area contributed by atoms with Crippen molar-refractivity contribution in [2.24, 2.45) is 0 Å². The normalized spacial score (nSPS) is 23.7. The van der Waals surface area contributed by atoms with E-state index >= 15 is 0 Å². The van der Waals surface area contributed by atoms with Gasteiger partial charge >= 0.3 is 0 Å². The van der Waals surface area contributed by atoms with Crippen molar-refractivity contribution in [3.8, 4) is 5.75 Å². The number of nitrogens with one attached hydrogen (secondary N) is 1. The number of carbonyl (C=O) groups is 2. The highest BCUT2D eigenvalue weighted by molar-refractivity contribution is 6.42. The lowest BCUT2D eigenvalue weighted by molar-refractivity contribution is -0.230. The number of likely N-dealkylation sites (tertiary alicyclic amines) is 2. The fourth-order valence-corrected chi connectivity index (χ4v) is 7.40. The summed E-state index contributed by atoms with van der Waals surface area (Å²) >= 11 is 13.2. The maximum Gasteiger partial charge on any atom is 0.227 e. The zero-order valence-corrected chi connectivity index (χ0v) is 28.7. The van der Waals surface area contributed by atoms with Crippen molar-refractivity contribution < 1.29 is 19.1 Å². The molecule has 46 heavy (non-hydrogen) atoms. The van der Waals surface area contributed by atoms with E-state index in [0.717, 1.165) is 54.8 Å². The minimum Gasteiger partial charge on any atom is -0.491 e. The van der Waals surface area contributed by atoms with Crippen molar-refractivity contribution >= 4 is 35.0 Å². The number of ether oxygens (including phenoxy) is 2. The van der Waals surface area contributed by atoms with Crippen molar-refractivity contribution in [2.75, 3.05) is 26.2 Å². The van der Waals surface area contributed by atoms with E-state index in [1.54, 1.807) is 6.07 Å². The van der Waals surface area contributed by atoms with Gasteiger partial charge in [0.1, 0.15) is 23.1 Å². The summed E-state index contributed by atoms with van der Waals surface area (Å²) in [6, 6.07) is 23.2. The number of rotatable bonds is 10. The van der Waals surface area contributed by atoms with Crippen LogP contribution in [0.5, 0.6) is 5.75 Å². The van der Waals surface area contributed by atoms with Crippen LogP contribution in [-0.2, 0) is 31.9 Å². The fraction of sp³-hybridized carbons (Fsp3) is 0.459. The molecule has 0 bridgehead atoms. The third kappa shape index (κ3) is 7.23. The lowest BCUT2D eigenvalue weighted by atomic mass is 9.65. The van der Waals surface area contributed by atoms with Crippen LogP contribution in [0.15, 0.2) is 72.8 Å². The highest BCUT2D eigenvalue weighted by Crippen LogP contribution is 2.51. The van der Waals surface area contributed by atoms with Gasteiger partial charge in [0.05, 0.1) is 29.1 Å². The van der Waals surface area contributed by atoms with Gasteiger partial charge in [-0.2, -0.15) is 0 Å². The third-order valence-electron chi connectivity index (χ3n) is 9.18. The van der Waals surface area contributed by atoms with Gasteiger partial charge in [0.25, 0.3) is 0 Å². The Morgan fingerprint density at radius 1 is 0.957 bits per heavy atom. The Kier molecular flexibility index (Phi) is 11.0. The summed E-state index contributed by atoms with van der Waals surface area (Å²) in [6.07, 6.45) is 3.37. The zero-order chi connectivity index (χ0) is 32.9. The van der Waals surface area contributed by atoms with E-state index in [9.17, 15) is 9.59 Å². The minimum absolute atomic E-state index is 0.0272. The number of piperidine rings is 2. The van der Waals surface area contributed by atoms with Crippen molar-refractivity contribution in [1.29, 1.82) is 0 Å². The van der Waals surface area contributed by atoms with Crippen LogP contribution in [0.3, 0.4) is 0 Å². The Hall–Kier alpha value is -3.10. The lowest BCUT2D eigenvalue weighted by Crippen LogP contribution is -2.70. The average Bonchev–Trinajstić information content (AvgIpc) is 3.03. The van der Waals surface area contributed by atoms with E-state index in [1.165, 1.54) is 6.92 Å². The van der Waals surface area contributed by atoms with Crippen LogP contribution in [0.2, 0.25) is 10.0 Å². The van der Waals surface area contributed by atoms with Crippen LogP contribution in [0, 0.1) is 0 Å². The minimum atomic E-state index is -1.21. The van der Waals surface area contributed by atoms with Crippen LogP contribution in [-0.4, -0.2) is 60.1 Å². The van der Waals surface area contributed by atoms with E-state index in [2.05, 4.69) is 17.1 Å². The Morgan fingerprint density at radius 3 is 2.43 bits per heavy atom. The lowest BCUT2D eigenvalue weighted by Gasteiger charge is -2.58. The van der Waals surface area contributed by atoms with Gasteiger partial charge in [-0.15, -0.1) is 0 Å². The van der Waals surface area contributed by atoms with Gasteiger partial charge in [0, 0.05) is 20.0 Å². The van der Waals surface area contributed by atoms with E-state index in [1.807, 2.05) is 85.5 Å². The molecule has 0 spiro atoms. The van der Waals surface area contributed by atoms with Crippen LogP contribution in [0.25, 0.3) is 0 Å². The summed E-state index contributed by atoms with van der Waals surface area (Å²) in [5, 5.41) is 4.18. The highest BCUT2D eigenvalue weighted by Gasteiger charge is 2.60. The van der Waals surface area contributed by atoms with E-state index < -0.39 is 11.1 Å². The van der Waals surface area contributed by atoms with Gasteiger partial charge < -0.3 is 19.7 Å². The summed E-state index contributed by atoms with van der Waals surface area (Å²) in [5.41, 5.74) is 0.304. The molecule has 1 N–H and O–H groups in total. The number of benzene rings is 3. The van der Waals surface area contributed by atoms with Crippen molar-refractivity contribution in [2.45, 2.75) is 83.3 Å². The first-order valence-corrected chi connectivity index (χ1v) is 17.1. The Labute approximate surface area is 283 Å². The third-order valence-corrected chi connectivity index (χ3v) is 9.92. The molecule has 0 radical (unpaired) electrons. The Balaban J connectivity index is 1.65. The molecule has 0 aliphatic carbocycles. The summed E-state index contributed by atoms with van der Waals surface area (Å²) in [5.74, 6) is 0.517. The molecule has 0 saturated carbocycles. The molecule has 7 nitrogen and oxygen atoms in total. The van der Waals surface area contributed by atoms with Gasteiger partial charge in [0.15, 0.2) is 0 Å². The van der Waals surface area contributed by atoms with Crippen LogP contribution < -0.4 is 10.1 Å². The molecular weight excluding hydrogens is 621 g/mol. The first-order chi connectivity index (χ1) is 22.1. The van der Waals surface area contributed by atoms with Crippen LogP contribution in [0.1, 0.15) is 70.1 Å². The number of nitrogens with zero attached hydrogens (tertiary/aromatic N) is 2. The SMILES string of the molecule is CCN1CCCCC1OC1(c2ccc(Cl)c(Cl)c2)CN(C(=O)Cc2cccc(OC(C)C)c2)CCC1(NC(C)=O)c1ccccc1. The Bertz CT molecular complexity index is 1520. The van der Waals surface area contributed by atoms with Gasteiger partial charge in [-0.3, -0.25) is 14.5 Å². The molecule has 3 aromatic carbocycles. The second-order valence-corrected chi connectivity index (χ2v) is 13.5. The number of hydrogen-bond acceptors (Lipinski definition) is 5. The number of hydrogen-bond donors (Lipinski definition) is 1. The number of halogens is 2. The molecule has 2 fully saturated rings. The first kappa shape index (κ1) is 34.2. The van der Waals surface area contributed by atoms with Gasteiger partial charge in [-0.05, 0) is 87.0 Å². The zero-order valence-electron chi connectivity index (χ0n) is 27.2. The molecule has 2 saturated heterocycles. The van der Waals surface area contributed by atoms with E-state index in [4.69, 9.17) is 32.7 Å². The van der Waals surface area contributed by atoms with Crippen molar-refractivity contribution in [3.05, 3.63) is 99.5 Å². The largest absolute Gasteiger partial charge is 0.491 e. The maximum absolute atomic E-state index is 14.2.